The second-order valence-corrected chi connectivity index (χ2v) is 6.11. The third-order valence-electron chi connectivity index (χ3n) is 4.22. The minimum Gasteiger partial charge on any atom is -0.495 e. The van der Waals surface area contributed by atoms with E-state index in [1.165, 1.54) is 0 Å². The third-order valence-corrected chi connectivity index (χ3v) is 4.22. The molecule has 1 aliphatic heterocycles. The van der Waals surface area contributed by atoms with E-state index in [1.54, 1.807) is 20.1 Å². The molecule has 2 heterocycles. The fourth-order valence-corrected chi connectivity index (χ4v) is 2.80. The van der Waals surface area contributed by atoms with Crippen LogP contribution >= 0.6 is 0 Å². The molecule has 1 fully saturated rings. The zero-order valence-corrected chi connectivity index (χ0v) is 14.8. The number of hydrogen-bond acceptors (Lipinski definition) is 6. The van der Waals surface area contributed by atoms with E-state index in [0.29, 0.717) is 36.2 Å². The lowest BCUT2D eigenvalue weighted by atomic mass is 10.2. The minimum absolute atomic E-state index is 0.0540. The van der Waals surface area contributed by atoms with Crippen molar-refractivity contribution in [1.29, 1.82) is 0 Å². The predicted molar refractivity (Wildman–Crippen MR) is 96.4 cm³/mol. The van der Waals surface area contributed by atoms with Crippen molar-refractivity contribution in [2.45, 2.75) is 6.92 Å². The van der Waals surface area contributed by atoms with Gasteiger partial charge in [0, 0.05) is 32.2 Å². The fourth-order valence-electron chi connectivity index (χ4n) is 2.80. The molecule has 1 saturated heterocycles. The molecule has 3 rings (SSSR count). The lowest BCUT2D eigenvalue weighted by Crippen LogP contribution is -2.47. The topological polar surface area (TPSA) is 70.6 Å². The first-order valence-corrected chi connectivity index (χ1v) is 8.30. The highest BCUT2D eigenvalue weighted by atomic mass is 16.5. The molecule has 25 heavy (non-hydrogen) atoms. The lowest BCUT2D eigenvalue weighted by Gasteiger charge is -2.32. The van der Waals surface area contributed by atoms with Crippen LogP contribution in [0.15, 0.2) is 30.3 Å². The van der Waals surface area contributed by atoms with Gasteiger partial charge in [-0.1, -0.05) is 12.1 Å². The van der Waals surface area contributed by atoms with Gasteiger partial charge in [0.2, 0.25) is 0 Å². The molecule has 0 atom stereocenters. The molecule has 132 valence electrons. The summed E-state index contributed by atoms with van der Waals surface area (Å²) < 4.78 is 5.34. The normalized spacial score (nSPS) is 15.1. The zero-order valence-electron chi connectivity index (χ0n) is 14.8. The number of amides is 1. The molecule has 7 heteroatoms. The van der Waals surface area contributed by atoms with Gasteiger partial charge in [-0.25, -0.2) is 9.97 Å². The van der Waals surface area contributed by atoms with Crippen molar-refractivity contribution in [3.8, 4) is 5.75 Å². The van der Waals surface area contributed by atoms with Crippen LogP contribution in [0.2, 0.25) is 0 Å². The molecule has 1 aromatic heterocycles. The fraction of sp³-hybridized carbons (Fsp3) is 0.389. The first-order chi connectivity index (χ1) is 12.1. The standard InChI is InChI=1S/C18H23N5O2/c1-13-19-15(18(24)23-10-8-22(2)9-11-23)12-17(20-13)21-14-6-4-5-7-16(14)25-3/h4-7,12H,8-11H2,1-3H3,(H,19,20,21). The van der Waals surface area contributed by atoms with E-state index < -0.39 is 0 Å². The number of piperazine rings is 1. The molecule has 1 N–H and O–H groups in total. The van der Waals surface area contributed by atoms with Gasteiger partial charge in [0.25, 0.3) is 5.91 Å². The molecule has 1 amide bonds. The Morgan fingerprint density at radius 3 is 2.60 bits per heavy atom. The van der Waals surface area contributed by atoms with Gasteiger partial charge >= 0.3 is 0 Å². The Hall–Kier alpha value is -2.67. The molecule has 1 aromatic carbocycles. The summed E-state index contributed by atoms with van der Waals surface area (Å²) in [6.45, 7) is 4.97. The Morgan fingerprint density at radius 1 is 1.16 bits per heavy atom. The van der Waals surface area contributed by atoms with Crippen LogP contribution in [0.4, 0.5) is 11.5 Å². The second kappa shape index (κ2) is 7.48. The molecule has 7 nitrogen and oxygen atoms in total. The van der Waals surface area contributed by atoms with E-state index >= 15 is 0 Å². The van der Waals surface area contributed by atoms with E-state index in [1.807, 2.05) is 29.2 Å². The number of carbonyl (C=O) groups excluding carboxylic acids is 1. The van der Waals surface area contributed by atoms with Gasteiger partial charge in [-0.2, -0.15) is 0 Å². The summed E-state index contributed by atoms with van der Waals surface area (Å²) in [6.07, 6.45) is 0. The van der Waals surface area contributed by atoms with Crippen LogP contribution in [0.25, 0.3) is 0 Å². The molecule has 1 aliphatic rings. The lowest BCUT2D eigenvalue weighted by molar-refractivity contribution is 0.0658. The monoisotopic (exact) mass is 341 g/mol. The van der Waals surface area contributed by atoms with Crippen molar-refractivity contribution in [1.82, 2.24) is 19.8 Å². The summed E-state index contributed by atoms with van der Waals surface area (Å²) in [7, 11) is 3.68. The van der Waals surface area contributed by atoms with Crippen LogP contribution in [0.3, 0.4) is 0 Å². The summed E-state index contributed by atoms with van der Waals surface area (Å²) in [6, 6.07) is 9.28. The Balaban J connectivity index is 1.82. The van der Waals surface area contributed by atoms with Gasteiger partial charge in [0.15, 0.2) is 0 Å². The number of carbonyl (C=O) groups is 1. The number of nitrogens with one attached hydrogen (secondary N) is 1. The molecule has 0 radical (unpaired) electrons. The average Bonchev–Trinajstić information content (AvgIpc) is 2.62. The number of likely N-dealkylation sites (N-methyl/N-ethyl adjacent to an activating group) is 1. The van der Waals surface area contributed by atoms with Gasteiger partial charge < -0.3 is 19.9 Å². The highest BCUT2D eigenvalue weighted by Gasteiger charge is 2.22. The van der Waals surface area contributed by atoms with Crippen molar-refractivity contribution in [3.63, 3.8) is 0 Å². The number of nitrogens with zero attached hydrogens (tertiary/aromatic N) is 4. The molecule has 0 aliphatic carbocycles. The average molecular weight is 341 g/mol. The molecule has 2 aromatic rings. The van der Waals surface area contributed by atoms with Crippen LogP contribution in [-0.4, -0.2) is 66.0 Å². The second-order valence-electron chi connectivity index (χ2n) is 6.11. The number of aromatic nitrogens is 2. The molecule has 0 spiro atoms. The predicted octanol–water partition coefficient (Wildman–Crippen LogP) is 1.92. The maximum atomic E-state index is 12.8. The van der Waals surface area contributed by atoms with Crippen LogP contribution < -0.4 is 10.1 Å². The van der Waals surface area contributed by atoms with Gasteiger partial charge in [0.1, 0.15) is 23.1 Å². The van der Waals surface area contributed by atoms with Crippen molar-refractivity contribution < 1.29 is 9.53 Å². The first kappa shape index (κ1) is 17.2. The van der Waals surface area contributed by atoms with E-state index in [2.05, 4.69) is 27.2 Å². The molecule has 0 unspecified atom stereocenters. The highest BCUT2D eigenvalue weighted by molar-refractivity contribution is 5.93. The molecular weight excluding hydrogens is 318 g/mol. The Bertz CT molecular complexity index is 757. The number of rotatable bonds is 4. The number of anilines is 2. The molecular formula is C18H23N5O2. The number of benzene rings is 1. The van der Waals surface area contributed by atoms with Gasteiger partial charge in [0.05, 0.1) is 12.8 Å². The van der Waals surface area contributed by atoms with E-state index in [9.17, 15) is 4.79 Å². The summed E-state index contributed by atoms with van der Waals surface area (Å²) in [5.74, 6) is 1.79. The Kier molecular flexibility index (Phi) is 5.14. The van der Waals surface area contributed by atoms with Crippen molar-refractivity contribution in [2.75, 3.05) is 45.7 Å². The van der Waals surface area contributed by atoms with Crippen LogP contribution in [-0.2, 0) is 0 Å². The van der Waals surface area contributed by atoms with E-state index in [-0.39, 0.29) is 5.91 Å². The SMILES string of the molecule is COc1ccccc1Nc1cc(C(=O)N2CCN(C)CC2)nc(C)n1. The summed E-state index contributed by atoms with van der Waals surface area (Å²) in [4.78, 5) is 25.5. The van der Waals surface area contributed by atoms with Crippen LogP contribution in [0.1, 0.15) is 16.3 Å². The summed E-state index contributed by atoms with van der Waals surface area (Å²) >= 11 is 0. The van der Waals surface area contributed by atoms with Crippen LogP contribution in [0, 0.1) is 6.92 Å². The summed E-state index contributed by atoms with van der Waals surface area (Å²) in [5.41, 5.74) is 1.20. The van der Waals surface area contributed by atoms with Crippen LogP contribution in [0.5, 0.6) is 5.75 Å². The molecule has 0 bridgehead atoms. The Labute approximate surface area is 147 Å². The van der Waals surface area contributed by atoms with Crippen molar-refractivity contribution >= 4 is 17.4 Å². The number of hydrogen-bond donors (Lipinski definition) is 1. The highest BCUT2D eigenvalue weighted by Crippen LogP contribution is 2.26. The quantitative estimate of drug-likeness (QED) is 0.916. The number of para-hydroxylation sites is 2. The smallest absolute Gasteiger partial charge is 0.272 e. The van der Waals surface area contributed by atoms with E-state index in [4.69, 9.17) is 4.74 Å². The Morgan fingerprint density at radius 2 is 1.88 bits per heavy atom. The summed E-state index contributed by atoms with van der Waals surface area (Å²) in [5, 5.41) is 3.21. The van der Waals surface area contributed by atoms with Crippen molar-refractivity contribution in [2.24, 2.45) is 0 Å². The zero-order chi connectivity index (χ0) is 17.8. The number of aryl methyl sites for hydroxylation is 1. The molecule has 0 saturated carbocycles. The maximum Gasteiger partial charge on any atom is 0.272 e. The minimum atomic E-state index is -0.0540. The van der Waals surface area contributed by atoms with E-state index in [0.717, 1.165) is 18.8 Å². The third kappa shape index (κ3) is 4.06. The van der Waals surface area contributed by atoms with Gasteiger partial charge in [-0.15, -0.1) is 0 Å². The largest absolute Gasteiger partial charge is 0.495 e. The number of ether oxygens (including phenoxy) is 1. The van der Waals surface area contributed by atoms with Crippen molar-refractivity contribution in [3.05, 3.63) is 41.9 Å². The maximum absolute atomic E-state index is 12.8. The van der Waals surface area contributed by atoms with Gasteiger partial charge in [-0.3, -0.25) is 4.79 Å². The van der Waals surface area contributed by atoms with Gasteiger partial charge in [-0.05, 0) is 26.1 Å². The number of methoxy groups -OCH3 is 1. The first-order valence-electron chi connectivity index (χ1n) is 8.30.